The quantitative estimate of drug-likeness (QED) is 0.604. The minimum Gasteiger partial charge on any atom is -0.378 e. The zero-order chi connectivity index (χ0) is 18.2. The highest BCUT2D eigenvalue weighted by atomic mass is 32.1. The predicted octanol–water partition coefficient (Wildman–Crippen LogP) is 3.05. The van der Waals surface area contributed by atoms with Crippen LogP contribution in [-0.2, 0) is 11.3 Å². The van der Waals surface area contributed by atoms with Gasteiger partial charge in [0.2, 0.25) is 0 Å². The van der Waals surface area contributed by atoms with Crippen molar-refractivity contribution in [2.45, 2.75) is 19.4 Å². The Morgan fingerprint density at radius 1 is 1.19 bits per heavy atom. The van der Waals surface area contributed by atoms with Gasteiger partial charge in [-0.1, -0.05) is 25.1 Å². The number of nitrogens with zero attached hydrogens (tertiary/aromatic N) is 2. The van der Waals surface area contributed by atoms with E-state index in [1.807, 2.05) is 7.05 Å². The molecule has 1 aliphatic rings. The second kappa shape index (κ2) is 9.59. The number of ether oxygens (including phenoxy) is 1. The Morgan fingerprint density at radius 3 is 2.62 bits per heavy atom. The Bertz CT molecular complexity index is 678. The van der Waals surface area contributed by atoms with Gasteiger partial charge in [-0.15, -0.1) is 11.3 Å². The zero-order valence-electron chi connectivity index (χ0n) is 15.6. The van der Waals surface area contributed by atoms with Crippen molar-refractivity contribution in [3.8, 4) is 0 Å². The van der Waals surface area contributed by atoms with E-state index in [4.69, 9.17) is 4.74 Å². The number of guanidine groups is 1. The van der Waals surface area contributed by atoms with Crippen LogP contribution in [0.1, 0.15) is 23.3 Å². The van der Waals surface area contributed by atoms with Crippen LogP contribution in [-0.4, -0.2) is 45.9 Å². The van der Waals surface area contributed by atoms with Gasteiger partial charge in [0.05, 0.1) is 13.2 Å². The lowest BCUT2D eigenvalue weighted by Crippen LogP contribution is -2.38. The summed E-state index contributed by atoms with van der Waals surface area (Å²) in [5.41, 5.74) is 2.51. The molecular formula is C20H28N4OS. The first-order chi connectivity index (χ1) is 12.8. The van der Waals surface area contributed by atoms with Crippen LogP contribution in [0.25, 0.3) is 0 Å². The van der Waals surface area contributed by atoms with E-state index < -0.39 is 0 Å². The minimum absolute atomic E-state index is 0.473. The maximum atomic E-state index is 5.41. The summed E-state index contributed by atoms with van der Waals surface area (Å²) < 4.78 is 5.41. The molecule has 1 aliphatic heterocycles. The molecule has 26 heavy (non-hydrogen) atoms. The topological polar surface area (TPSA) is 48.9 Å². The number of hydrogen-bond acceptors (Lipinski definition) is 4. The first kappa shape index (κ1) is 18.7. The number of nitrogens with one attached hydrogen (secondary N) is 2. The van der Waals surface area contributed by atoms with Crippen LogP contribution >= 0.6 is 11.3 Å². The SMILES string of the molecule is CN=C(NCc1ccc(N2CCOCC2)cc1)NCC(C)c1cccs1. The van der Waals surface area contributed by atoms with E-state index in [0.29, 0.717) is 5.92 Å². The van der Waals surface area contributed by atoms with Gasteiger partial charge in [0.25, 0.3) is 0 Å². The number of benzene rings is 1. The molecule has 1 saturated heterocycles. The summed E-state index contributed by atoms with van der Waals surface area (Å²) in [7, 11) is 1.81. The smallest absolute Gasteiger partial charge is 0.191 e. The highest BCUT2D eigenvalue weighted by molar-refractivity contribution is 7.10. The molecule has 3 rings (SSSR count). The Hall–Kier alpha value is -2.05. The fourth-order valence-electron chi connectivity index (χ4n) is 2.97. The average molecular weight is 373 g/mol. The largest absolute Gasteiger partial charge is 0.378 e. The van der Waals surface area contributed by atoms with Gasteiger partial charge in [-0.05, 0) is 29.1 Å². The summed E-state index contributed by atoms with van der Waals surface area (Å²) in [6.07, 6.45) is 0. The highest BCUT2D eigenvalue weighted by Crippen LogP contribution is 2.19. The van der Waals surface area contributed by atoms with Crippen molar-refractivity contribution in [2.75, 3.05) is 44.8 Å². The van der Waals surface area contributed by atoms with Crippen molar-refractivity contribution < 1.29 is 4.74 Å². The van der Waals surface area contributed by atoms with Crippen LogP contribution in [0.3, 0.4) is 0 Å². The van der Waals surface area contributed by atoms with Crippen LogP contribution in [0, 0.1) is 0 Å². The third kappa shape index (κ3) is 5.22. The van der Waals surface area contributed by atoms with E-state index in [9.17, 15) is 0 Å². The Morgan fingerprint density at radius 2 is 1.96 bits per heavy atom. The third-order valence-corrected chi connectivity index (χ3v) is 5.70. The van der Waals surface area contributed by atoms with Crippen molar-refractivity contribution in [1.29, 1.82) is 0 Å². The van der Waals surface area contributed by atoms with Crippen molar-refractivity contribution in [1.82, 2.24) is 10.6 Å². The molecule has 2 aromatic rings. The molecule has 1 fully saturated rings. The van der Waals surface area contributed by atoms with Gasteiger partial charge in [-0.2, -0.15) is 0 Å². The highest BCUT2D eigenvalue weighted by Gasteiger charge is 2.11. The van der Waals surface area contributed by atoms with E-state index in [2.05, 4.69) is 69.2 Å². The first-order valence-corrected chi connectivity index (χ1v) is 10.0. The molecule has 0 amide bonds. The van der Waals surface area contributed by atoms with Crippen molar-refractivity contribution in [2.24, 2.45) is 4.99 Å². The van der Waals surface area contributed by atoms with Gasteiger partial charge >= 0.3 is 0 Å². The summed E-state index contributed by atoms with van der Waals surface area (Å²) in [6, 6.07) is 13.0. The van der Waals surface area contributed by atoms with E-state index in [0.717, 1.165) is 45.4 Å². The van der Waals surface area contributed by atoms with Crippen LogP contribution in [0.2, 0.25) is 0 Å². The van der Waals surface area contributed by atoms with Crippen LogP contribution in [0.4, 0.5) is 5.69 Å². The Balaban J connectivity index is 1.46. The second-order valence-corrected chi connectivity index (χ2v) is 7.47. The lowest BCUT2D eigenvalue weighted by Gasteiger charge is -2.29. The maximum absolute atomic E-state index is 5.41. The van der Waals surface area contributed by atoms with Crippen molar-refractivity contribution >= 4 is 23.0 Å². The van der Waals surface area contributed by atoms with Gasteiger partial charge in [0.1, 0.15) is 0 Å². The summed E-state index contributed by atoms with van der Waals surface area (Å²) >= 11 is 1.80. The summed E-state index contributed by atoms with van der Waals surface area (Å²) in [5.74, 6) is 1.31. The van der Waals surface area contributed by atoms with E-state index in [-0.39, 0.29) is 0 Å². The lowest BCUT2D eigenvalue weighted by atomic mass is 10.1. The molecule has 1 atom stereocenters. The molecule has 2 N–H and O–H groups in total. The number of rotatable bonds is 6. The van der Waals surface area contributed by atoms with E-state index >= 15 is 0 Å². The molecule has 0 bridgehead atoms. The molecular weight excluding hydrogens is 344 g/mol. The van der Waals surface area contributed by atoms with Gasteiger partial charge in [0.15, 0.2) is 5.96 Å². The predicted molar refractivity (Wildman–Crippen MR) is 110 cm³/mol. The van der Waals surface area contributed by atoms with Crippen molar-refractivity contribution in [3.63, 3.8) is 0 Å². The average Bonchev–Trinajstić information content (AvgIpc) is 3.24. The molecule has 6 heteroatoms. The number of anilines is 1. The zero-order valence-corrected chi connectivity index (χ0v) is 16.4. The molecule has 1 aromatic carbocycles. The number of hydrogen-bond donors (Lipinski definition) is 2. The summed E-state index contributed by atoms with van der Waals surface area (Å²) in [4.78, 5) is 8.09. The Labute approximate surface area is 160 Å². The van der Waals surface area contributed by atoms with E-state index in [1.54, 1.807) is 11.3 Å². The monoisotopic (exact) mass is 372 g/mol. The van der Waals surface area contributed by atoms with Gasteiger partial charge in [-0.3, -0.25) is 4.99 Å². The van der Waals surface area contributed by atoms with Crippen LogP contribution in [0.15, 0.2) is 46.8 Å². The molecule has 2 heterocycles. The molecule has 5 nitrogen and oxygen atoms in total. The molecule has 0 saturated carbocycles. The van der Waals surface area contributed by atoms with Gasteiger partial charge in [-0.25, -0.2) is 0 Å². The first-order valence-electron chi connectivity index (χ1n) is 9.16. The molecule has 0 aliphatic carbocycles. The van der Waals surface area contributed by atoms with Crippen LogP contribution in [0.5, 0.6) is 0 Å². The standard InChI is InChI=1S/C20H28N4OS/c1-16(19-4-3-13-26-19)14-22-20(21-2)23-15-17-5-7-18(8-6-17)24-9-11-25-12-10-24/h3-8,13,16H,9-12,14-15H2,1-2H3,(H2,21,22,23). The number of thiophene rings is 1. The molecule has 1 aromatic heterocycles. The molecule has 140 valence electrons. The molecule has 1 unspecified atom stereocenters. The van der Waals surface area contributed by atoms with Gasteiger partial charge in [0, 0.05) is 49.7 Å². The van der Waals surface area contributed by atoms with Gasteiger partial charge < -0.3 is 20.3 Å². The number of aliphatic imine (C=N–C) groups is 1. The van der Waals surface area contributed by atoms with Crippen molar-refractivity contribution in [3.05, 3.63) is 52.2 Å². The second-order valence-electron chi connectivity index (χ2n) is 6.49. The Kier molecular flexibility index (Phi) is 6.91. The normalized spacial score (nSPS) is 16.4. The maximum Gasteiger partial charge on any atom is 0.191 e. The fourth-order valence-corrected chi connectivity index (χ4v) is 3.76. The molecule has 0 spiro atoms. The summed E-state index contributed by atoms with van der Waals surface area (Å²) in [6.45, 7) is 7.43. The van der Waals surface area contributed by atoms with E-state index in [1.165, 1.54) is 16.1 Å². The summed E-state index contributed by atoms with van der Waals surface area (Å²) in [5, 5.41) is 8.93. The third-order valence-electron chi connectivity index (χ3n) is 4.60. The van der Waals surface area contributed by atoms with Crippen LogP contribution < -0.4 is 15.5 Å². The molecule has 0 radical (unpaired) electrons. The minimum atomic E-state index is 0.473. The number of morpholine rings is 1. The lowest BCUT2D eigenvalue weighted by molar-refractivity contribution is 0.122. The fraction of sp³-hybridized carbons (Fsp3) is 0.450.